The van der Waals surface area contributed by atoms with Crippen molar-refractivity contribution in [3.63, 3.8) is 0 Å². The van der Waals surface area contributed by atoms with Crippen molar-refractivity contribution in [1.82, 2.24) is 0 Å². The van der Waals surface area contributed by atoms with Crippen LogP contribution < -0.4 is 4.74 Å². The molecule has 1 amide bonds. The third-order valence-electron chi connectivity index (χ3n) is 3.30. The van der Waals surface area contributed by atoms with Crippen LogP contribution in [-0.4, -0.2) is 33.0 Å². The molecule has 0 unspecified atom stereocenters. The van der Waals surface area contributed by atoms with Crippen LogP contribution >= 0.6 is 0 Å². The Morgan fingerprint density at radius 3 is 2.81 bits per heavy atom. The number of rotatable bonds is 8. The normalized spacial score (nSPS) is 19.7. The first-order valence-electron chi connectivity index (χ1n) is 6.64. The van der Waals surface area contributed by atoms with Crippen LogP contribution in [0.25, 0.3) is 10.4 Å². The van der Waals surface area contributed by atoms with Crippen LogP contribution in [0.3, 0.4) is 0 Å². The second-order valence-electron chi connectivity index (χ2n) is 4.71. The minimum absolute atomic E-state index is 0.148. The Labute approximate surface area is 122 Å². The fraction of sp³-hybridized carbons (Fsp3) is 0.500. The highest BCUT2D eigenvalue weighted by Gasteiger charge is 2.43. The van der Waals surface area contributed by atoms with Gasteiger partial charge >= 0.3 is 0 Å². The van der Waals surface area contributed by atoms with Gasteiger partial charge in [-0.2, -0.15) is 0 Å². The maximum absolute atomic E-state index is 11.4. The van der Waals surface area contributed by atoms with Crippen LogP contribution in [0.4, 0.5) is 0 Å². The van der Waals surface area contributed by atoms with Crippen molar-refractivity contribution < 1.29 is 19.0 Å². The molecular formula is C14H17N3O4. The van der Waals surface area contributed by atoms with Crippen LogP contribution in [0.15, 0.2) is 29.4 Å². The van der Waals surface area contributed by atoms with Gasteiger partial charge in [-0.05, 0) is 40.7 Å². The summed E-state index contributed by atoms with van der Waals surface area (Å²) in [4.78, 5) is 13.9. The van der Waals surface area contributed by atoms with E-state index in [1.807, 2.05) is 24.3 Å². The Kier molecular flexibility index (Phi) is 5.57. The van der Waals surface area contributed by atoms with Crippen LogP contribution in [-0.2, 0) is 14.3 Å². The van der Waals surface area contributed by atoms with Gasteiger partial charge < -0.3 is 14.2 Å². The van der Waals surface area contributed by atoms with Gasteiger partial charge in [-0.1, -0.05) is 12.1 Å². The molecule has 21 heavy (non-hydrogen) atoms. The molecule has 7 heteroatoms. The zero-order valence-corrected chi connectivity index (χ0v) is 11.8. The number of amides is 1. The molecule has 7 nitrogen and oxygen atoms in total. The smallest absolute Gasteiger partial charge is 0.222 e. The van der Waals surface area contributed by atoms with E-state index in [0.717, 1.165) is 12.0 Å². The summed E-state index contributed by atoms with van der Waals surface area (Å²) in [7, 11) is 1.61. The topological polar surface area (TPSA) is 93.5 Å². The number of hydrogen-bond donors (Lipinski definition) is 0. The molecule has 0 spiro atoms. The second kappa shape index (κ2) is 7.64. The first kappa shape index (κ1) is 15.3. The maximum atomic E-state index is 11.4. The van der Waals surface area contributed by atoms with E-state index in [-0.39, 0.29) is 24.5 Å². The first-order chi connectivity index (χ1) is 10.3. The molecule has 1 saturated carbocycles. The highest BCUT2D eigenvalue weighted by molar-refractivity contribution is 5.83. The van der Waals surface area contributed by atoms with Crippen molar-refractivity contribution in [3.8, 4) is 5.75 Å². The van der Waals surface area contributed by atoms with Crippen LogP contribution in [0.5, 0.6) is 5.75 Å². The Hall–Kier alpha value is -2.08. The summed E-state index contributed by atoms with van der Waals surface area (Å²) in [5.41, 5.74) is 9.29. The molecule has 112 valence electrons. The first-order valence-corrected chi connectivity index (χ1v) is 6.64. The SMILES string of the molecule is COCCOCOc1ccc([C@@H]2C[C@H]2C(=O)N=[N+]=[N-])cc1. The molecule has 0 bridgehead atoms. The van der Waals surface area contributed by atoms with Crippen molar-refractivity contribution >= 4 is 5.91 Å². The maximum Gasteiger partial charge on any atom is 0.222 e. The minimum Gasteiger partial charge on any atom is -0.468 e. The molecular weight excluding hydrogens is 274 g/mol. The molecule has 1 aliphatic carbocycles. The predicted molar refractivity (Wildman–Crippen MR) is 74.8 cm³/mol. The molecule has 0 heterocycles. The molecule has 0 aliphatic heterocycles. The van der Waals surface area contributed by atoms with E-state index < -0.39 is 0 Å². The lowest BCUT2D eigenvalue weighted by Crippen LogP contribution is -2.07. The molecule has 1 fully saturated rings. The number of ether oxygens (including phenoxy) is 3. The van der Waals surface area contributed by atoms with Crippen LogP contribution in [0.2, 0.25) is 0 Å². The van der Waals surface area contributed by atoms with Gasteiger partial charge in [0.1, 0.15) is 5.75 Å². The van der Waals surface area contributed by atoms with E-state index in [0.29, 0.717) is 19.0 Å². The fourth-order valence-corrected chi connectivity index (χ4v) is 2.08. The van der Waals surface area contributed by atoms with Gasteiger partial charge in [0.05, 0.1) is 13.2 Å². The predicted octanol–water partition coefficient (Wildman–Crippen LogP) is 2.63. The van der Waals surface area contributed by atoms with Crippen molar-refractivity contribution in [2.75, 3.05) is 27.1 Å². The third-order valence-corrected chi connectivity index (χ3v) is 3.30. The van der Waals surface area contributed by atoms with E-state index in [1.165, 1.54) is 0 Å². The zero-order chi connectivity index (χ0) is 15.1. The minimum atomic E-state index is -0.380. The van der Waals surface area contributed by atoms with Crippen molar-refractivity contribution in [1.29, 1.82) is 0 Å². The van der Waals surface area contributed by atoms with Crippen molar-refractivity contribution in [2.24, 2.45) is 11.0 Å². The van der Waals surface area contributed by atoms with Gasteiger partial charge in [-0.25, -0.2) is 0 Å². The highest BCUT2D eigenvalue weighted by Crippen LogP contribution is 2.48. The number of carbonyl (C=O) groups is 1. The Bertz CT molecular complexity index is 526. The quantitative estimate of drug-likeness (QED) is 0.242. The average Bonchev–Trinajstić information content (AvgIpc) is 3.29. The van der Waals surface area contributed by atoms with E-state index in [2.05, 4.69) is 10.0 Å². The summed E-state index contributed by atoms with van der Waals surface area (Å²) in [6, 6.07) is 7.50. The molecule has 1 aromatic carbocycles. The zero-order valence-electron chi connectivity index (χ0n) is 11.8. The molecule has 1 aliphatic rings. The summed E-state index contributed by atoms with van der Waals surface area (Å²) in [5.74, 6) is 0.296. The Morgan fingerprint density at radius 1 is 1.38 bits per heavy atom. The molecule has 2 rings (SSSR count). The molecule has 0 N–H and O–H groups in total. The lowest BCUT2D eigenvalue weighted by molar-refractivity contribution is -0.119. The molecule has 2 atom stereocenters. The largest absolute Gasteiger partial charge is 0.468 e. The lowest BCUT2D eigenvalue weighted by Gasteiger charge is -2.07. The van der Waals surface area contributed by atoms with Crippen molar-refractivity contribution in [2.45, 2.75) is 12.3 Å². The number of nitrogens with zero attached hydrogens (tertiary/aromatic N) is 3. The van der Waals surface area contributed by atoms with Gasteiger partial charge in [0, 0.05) is 17.9 Å². The number of benzene rings is 1. The average molecular weight is 291 g/mol. The fourth-order valence-electron chi connectivity index (χ4n) is 2.08. The molecule has 0 saturated heterocycles. The van der Waals surface area contributed by atoms with Crippen LogP contribution in [0.1, 0.15) is 17.9 Å². The van der Waals surface area contributed by atoms with Gasteiger partial charge in [-0.15, -0.1) is 0 Å². The molecule has 1 aromatic rings. The molecule has 0 radical (unpaired) electrons. The van der Waals surface area contributed by atoms with Gasteiger partial charge in [0.2, 0.25) is 5.91 Å². The summed E-state index contributed by atoms with van der Waals surface area (Å²) >= 11 is 0. The number of azide groups is 1. The Morgan fingerprint density at radius 2 is 2.14 bits per heavy atom. The summed E-state index contributed by atoms with van der Waals surface area (Å²) < 4.78 is 15.5. The monoisotopic (exact) mass is 291 g/mol. The summed E-state index contributed by atoms with van der Waals surface area (Å²) in [5, 5.41) is 3.14. The summed E-state index contributed by atoms with van der Waals surface area (Å²) in [6.45, 7) is 1.19. The number of hydrogen-bond acceptors (Lipinski definition) is 4. The standard InChI is InChI=1S/C14H17N3O4/c1-19-6-7-20-9-21-11-4-2-10(3-5-11)12-8-13(12)14(18)16-17-15/h2-5,12-13H,6-9H2,1H3/t12-,13+/m0/s1. The lowest BCUT2D eigenvalue weighted by atomic mass is 10.1. The van der Waals surface area contributed by atoms with E-state index in [4.69, 9.17) is 19.7 Å². The van der Waals surface area contributed by atoms with Crippen LogP contribution in [0, 0.1) is 5.92 Å². The number of carbonyl (C=O) groups excluding carboxylic acids is 1. The Balaban J connectivity index is 1.78. The second-order valence-corrected chi connectivity index (χ2v) is 4.71. The number of methoxy groups -OCH3 is 1. The van der Waals surface area contributed by atoms with Gasteiger partial charge in [0.15, 0.2) is 6.79 Å². The van der Waals surface area contributed by atoms with E-state index in [1.54, 1.807) is 7.11 Å². The van der Waals surface area contributed by atoms with Gasteiger partial charge in [-0.3, -0.25) is 4.79 Å². The van der Waals surface area contributed by atoms with Gasteiger partial charge in [0.25, 0.3) is 0 Å². The molecule has 0 aromatic heterocycles. The van der Waals surface area contributed by atoms with E-state index in [9.17, 15) is 4.79 Å². The highest BCUT2D eigenvalue weighted by atomic mass is 16.7. The summed E-state index contributed by atoms with van der Waals surface area (Å²) in [6.07, 6.45) is 0.734. The van der Waals surface area contributed by atoms with E-state index >= 15 is 0 Å². The van der Waals surface area contributed by atoms with Crippen molar-refractivity contribution in [3.05, 3.63) is 40.3 Å². The third kappa shape index (κ3) is 4.46.